The molecule has 0 fully saturated rings. The van der Waals surface area contributed by atoms with Crippen molar-refractivity contribution in [1.82, 2.24) is 5.32 Å². The Bertz CT molecular complexity index is 562. The summed E-state index contributed by atoms with van der Waals surface area (Å²) in [6.07, 6.45) is 2.28. The lowest BCUT2D eigenvalue weighted by Gasteiger charge is -2.20. The summed E-state index contributed by atoms with van der Waals surface area (Å²) < 4.78 is 1.13. The Hall–Kier alpha value is -1.12. The third-order valence-corrected chi connectivity index (χ3v) is 4.38. The van der Waals surface area contributed by atoms with Gasteiger partial charge in [-0.2, -0.15) is 0 Å². The van der Waals surface area contributed by atoms with Gasteiger partial charge in [-0.3, -0.25) is 0 Å². The second kappa shape index (κ2) is 7.77. The molecule has 1 nitrogen and oxygen atoms in total. The lowest BCUT2D eigenvalue weighted by Crippen LogP contribution is -2.29. The third-order valence-electron chi connectivity index (χ3n) is 3.85. The van der Waals surface area contributed by atoms with E-state index in [1.165, 1.54) is 16.7 Å². The summed E-state index contributed by atoms with van der Waals surface area (Å²) in [5, 5.41) is 3.69. The van der Waals surface area contributed by atoms with Gasteiger partial charge in [0.2, 0.25) is 0 Å². The fourth-order valence-corrected chi connectivity index (χ4v) is 2.87. The number of hydrogen-bond donors (Lipinski definition) is 1. The van der Waals surface area contributed by atoms with Crippen molar-refractivity contribution in [3.05, 3.63) is 69.7 Å². The lowest BCUT2D eigenvalue weighted by molar-refractivity contribution is 0.456. The molecule has 0 spiro atoms. The SMILES string of the molecule is Cc1cccc(CCC(C)NC(C)c2ccc(Br)cc2)c1. The highest BCUT2D eigenvalue weighted by Gasteiger charge is 2.09. The van der Waals surface area contributed by atoms with E-state index < -0.39 is 0 Å². The van der Waals surface area contributed by atoms with Gasteiger partial charge in [-0.15, -0.1) is 0 Å². The van der Waals surface area contributed by atoms with Gasteiger partial charge in [-0.1, -0.05) is 57.9 Å². The van der Waals surface area contributed by atoms with Crippen molar-refractivity contribution in [3.63, 3.8) is 0 Å². The summed E-state index contributed by atoms with van der Waals surface area (Å²) in [7, 11) is 0. The Morgan fingerprint density at radius 1 is 1.05 bits per heavy atom. The van der Waals surface area contributed by atoms with E-state index in [4.69, 9.17) is 0 Å². The molecule has 2 unspecified atom stereocenters. The van der Waals surface area contributed by atoms with E-state index in [1.807, 2.05) is 0 Å². The molecule has 2 rings (SSSR count). The van der Waals surface area contributed by atoms with Crippen LogP contribution in [0.4, 0.5) is 0 Å². The molecular weight excluding hydrogens is 322 g/mol. The van der Waals surface area contributed by atoms with Crippen molar-refractivity contribution in [2.45, 2.75) is 45.7 Å². The lowest BCUT2D eigenvalue weighted by atomic mass is 10.0. The summed E-state index contributed by atoms with van der Waals surface area (Å²) in [5.74, 6) is 0. The smallest absolute Gasteiger partial charge is 0.0294 e. The molecule has 2 atom stereocenters. The van der Waals surface area contributed by atoms with E-state index in [0.29, 0.717) is 12.1 Å². The van der Waals surface area contributed by atoms with Crippen molar-refractivity contribution in [2.75, 3.05) is 0 Å². The van der Waals surface area contributed by atoms with Gasteiger partial charge in [0.1, 0.15) is 0 Å². The van der Waals surface area contributed by atoms with Crippen molar-refractivity contribution in [1.29, 1.82) is 0 Å². The standard InChI is InChI=1S/C19H24BrN/c1-14-5-4-6-17(13-14)8-7-15(2)21-16(3)18-9-11-19(20)12-10-18/h4-6,9-13,15-16,21H,7-8H2,1-3H3. The largest absolute Gasteiger partial charge is 0.308 e. The zero-order chi connectivity index (χ0) is 15.2. The van der Waals surface area contributed by atoms with Gasteiger partial charge in [-0.25, -0.2) is 0 Å². The first-order chi connectivity index (χ1) is 10.0. The van der Waals surface area contributed by atoms with Gasteiger partial charge in [0.05, 0.1) is 0 Å². The summed E-state index contributed by atoms with van der Waals surface area (Å²) in [6, 6.07) is 18.2. The maximum Gasteiger partial charge on any atom is 0.0294 e. The van der Waals surface area contributed by atoms with Gasteiger partial charge in [0.25, 0.3) is 0 Å². The number of rotatable bonds is 6. The van der Waals surface area contributed by atoms with Crippen LogP contribution in [0.2, 0.25) is 0 Å². The molecule has 2 heteroatoms. The van der Waals surface area contributed by atoms with E-state index in [1.54, 1.807) is 0 Å². The fraction of sp³-hybridized carbons (Fsp3) is 0.368. The van der Waals surface area contributed by atoms with Crippen LogP contribution in [0.1, 0.15) is 43.0 Å². The third kappa shape index (κ3) is 5.29. The summed E-state index contributed by atoms with van der Waals surface area (Å²) in [6.45, 7) is 6.65. The summed E-state index contributed by atoms with van der Waals surface area (Å²) >= 11 is 3.48. The van der Waals surface area contributed by atoms with Gasteiger partial charge in [0, 0.05) is 16.6 Å². The highest BCUT2D eigenvalue weighted by atomic mass is 79.9. The van der Waals surface area contributed by atoms with Crippen LogP contribution < -0.4 is 5.32 Å². The number of aryl methyl sites for hydroxylation is 2. The molecule has 0 radical (unpaired) electrons. The molecule has 21 heavy (non-hydrogen) atoms. The average Bonchev–Trinajstić information content (AvgIpc) is 2.46. The molecule has 1 N–H and O–H groups in total. The zero-order valence-electron chi connectivity index (χ0n) is 13.1. The number of benzene rings is 2. The highest BCUT2D eigenvalue weighted by molar-refractivity contribution is 9.10. The van der Waals surface area contributed by atoms with Crippen molar-refractivity contribution in [2.24, 2.45) is 0 Å². The number of hydrogen-bond acceptors (Lipinski definition) is 1. The Morgan fingerprint density at radius 2 is 1.76 bits per heavy atom. The second-order valence-electron chi connectivity index (χ2n) is 5.87. The van der Waals surface area contributed by atoms with Gasteiger partial charge >= 0.3 is 0 Å². The van der Waals surface area contributed by atoms with E-state index in [-0.39, 0.29) is 0 Å². The minimum Gasteiger partial charge on any atom is -0.308 e. The predicted octanol–water partition coefficient (Wildman–Crippen LogP) is 5.43. The highest BCUT2D eigenvalue weighted by Crippen LogP contribution is 2.18. The average molecular weight is 346 g/mol. The van der Waals surface area contributed by atoms with Gasteiger partial charge in [-0.05, 0) is 56.9 Å². The van der Waals surface area contributed by atoms with Crippen LogP contribution in [0.15, 0.2) is 53.0 Å². The Balaban J connectivity index is 1.83. The molecule has 0 aliphatic heterocycles. The number of nitrogens with one attached hydrogen (secondary N) is 1. The first-order valence-corrected chi connectivity index (χ1v) is 8.41. The quantitative estimate of drug-likeness (QED) is 0.735. The maximum absolute atomic E-state index is 3.69. The van der Waals surface area contributed by atoms with Crippen LogP contribution in [-0.4, -0.2) is 6.04 Å². The Labute approximate surface area is 136 Å². The van der Waals surface area contributed by atoms with Crippen LogP contribution >= 0.6 is 15.9 Å². The van der Waals surface area contributed by atoms with E-state index >= 15 is 0 Å². The maximum atomic E-state index is 3.69. The monoisotopic (exact) mass is 345 g/mol. The summed E-state index contributed by atoms with van der Waals surface area (Å²) in [5.41, 5.74) is 4.11. The second-order valence-corrected chi connectivity index (χ2v) is 6.78. The van der Waals surface area contributed by atoms with Crippen LogP contribution in [0.5, 0.6) is 0 Å². The first kappa shape index (κ1) is 16.3. The van der Waals surface area contributed by atoms with E-state index in [0.717, 1.165) is 17.3 Å². The van der Waals surface area contributed by atoms with Crippen LogP contribution in [-0.2, 0) is 6.42 Å². The molecule has 0 amide bonds. The number of halogens is 1. The van der Waals surface area contributed by atoms with E-state index in [9.17, 15) is 0 Å². The molecule has 2 aromatic rings. The topological polar surface area (TPSA) is 12.0 Å². The summed E-state index contributed by atoms with van der Waals surface area (Å²) in [4.78, 5) is 0. The molecule has 0 saturated carbocycles. The van der Waals surface area contributed by atoms with Crippen molar-refractivity contribution >= 4 is 15.9 Å². The molecular formula is C19H24BrN. The fourth-order valence-electron chi connectivity index (χ4n) is 2.61. The van der Waals surface area contributed by atoms with Gasteiger partial charge in [0.15, 0.2) is 0 Å². The van der Waals surface area contributed by atoms with Crippen molar-refractivity contribution in [3.8, 4) is 0 Å². The first-order valence-electron chi connectivity index (χ1n) is 7.61. The van der Waals surface area contributed by atoms with Crippen LogP contribution in [0, 0.1) is 6.92 Å². The normalized spacial score (nSPS) is 13.9. The Kier molecular flexibility index (Phi) is 6.01. The molecule has 0 saturated heterocycles. The predicted molar refractivity (Wildman–Crippen MR) is 94.7 cm³/mol. The molecule has 0 aromatic heterocycles. The molecule has 0 aliphatic rings. The molecule has 2 aromatic carbocycles. The van der Waals surface area contributed by atoms with Crippen LogP contribution in [0.3, 0.4) is 0 Å². The Morgan fingerprint density at radius 3 is 2.43 bits per heavy atom. The van der Waals surface area contributed by atoms with Crippen LogP contribution in [0.25, 0.3) is 0 Å². The van der Waals surface area contributed by atoms with E-state index in [2.05, 4.69) is 90.5 Å². The molecule has 0 aliphatic carbocycles. The van der Waals surface area contributed by atoms with Crippen molar-refractivity contribution < 1.29 is 0 Å². The van der Waals surface area contributed by atoms with Gasteiger partial charge < -0.3 is 5.32 Å². The minimum atomic E-state index is 0.380. The zero-order valence-corrected chi connectivity index (χ0v) is 14.7. The molecule has 112 valence electrons. The molecule has 0 bridgehead atoms. The molecule has 0 heterocycles. The minimum absolute atomic E-state index is 0.380.